The van der Waals surface area contributed by atoms with Crippen molar-refractivity contribution in [3.63, 3.8) is 0 Å². The van der Waals surface area contributed by atoms with Gasteiger partial charge in [0.1, 0.15) is 5.82 Å². The van der Waals surface area contributed by atoms with E-state index in [9.17, 15) is 9.18 Å². The molecule has 2 nitrogen and oxygen atoms in total. The lowest BCUT2D eigenvalue weighted by atomic mass is 10.1. The van der Waals surface area contributed by atoms with Gasteiger partial charge in [0.05, 0.1) is 16.3 Å². The van der Waals surface area contributed by atoms with Gasteiger partial charge in [0.2, 0.25) is 5.22 Å². The summed E-state index contributed by atoms with van der Waals surface area (Å²) in [5.74, 6) is -0.608. The Morgan fingerprint density at radius 1 is 1.41 bits per heavy atom. The van der Waals surface area contributed by atoms with Crippen LogP contribution < -0.4 is 0 Å². The van der Waals surface area contributed by atoms with Crippen molar-refractivity contribution in [3.8, 4) is 0 Å². The first-order valence-corrected chi connectivity index (χ1v) is 5.95. The van der Waals surface area contributed by atoms with Crippen LogP contribution in [-0.4, -0.2) is 5.78 Å². The van der Waals surface area contributed by atoms with E-state index < -0.39 is 5.82 Å². The lowest BCUT2D eigenvalue weighted by Crippen LogP contribution is -2.04. The number of furan rings is 1. The molecule has 2 aromatic rings. The number of hydrogen-bond acceptors (Lipinski definition) is 2. The van der Waals surface area contributed by atoms with E-state index in [-0.39, 0.29) is 17.4 Å². The van der Waals surface area contributed by atoms with Crippen LogP contribution in [0.15, 0.2) is 39.4 Å². The highest BCUT2D eigenvalue weighted by Crippen LogP contribution is 2.24. The van der Waals surface area contributed by atoms with Gasteiger partial charge in [-0.05, 0) is 45.2 Å². The van der Waals surface area contributed by atoms with E-state index in [2.05, 4.69) is 15.9 Å². The highest BCUT2D eigenvalue weighted by atomic mass is 79.9. The molecule has 0 fully saturated rings. The fraction of sp³-hybridized carbons (Fsp3) is 0.0833. The van der Waals surface area contributed by atoms with Crippen molar-refractivity contribution in [1.29, 1.82) is 0 Å². The third kappa shape index (κ3) is 2.58. The van der Waals surface area contributed by atoms with Crippen LogP contribution in [0.5, 0.6) is 0 Å². The van der Waals surface area contributed by atoms with Crippen LogP contribution >= 0.6 is 27.5 Å². The zero-order valence-corrected chi connectivity index (χ0v) is 10.9. The van der Waals surface area contributed by atoms with Gasteiger partial charge < -0.3 is 4.42 Å². The maximum absolute atomic E-state index is 13.2. The molecular formula is C12H7BrClFO2. The molecule has 2 rings (SSSR count). The Bertz CT molecular complexity index is 565. The largest absolute Gasteiger partial charge is 0.452 e. The minimum absolute atomic E-state index is 0.0579. The zero-order chi connectivity index (χ0) is 12.4. The second-order valence-electron chi connectivity index (χ2n) is 3.42. The summed E-state index contributed by atoms with van der Waals surface area (Å²) in [5.41, 5.74) is 0.884. The van der Waals surface area contributed by atoms with Gasteiger partial charge >= 0.3 is 0 Å². The standard InChI is InChI=1S/C12H7BrClFO2/c13-11-7(2-1-3-9(11)15)6-10(16)8-4-5-17-12(8)14/h1-5H,6H2. The maximum atomic E-state index is 13.2. The van der Waals surface area contributed by atoms with Gasteiger partial charge in [-0.2, -0.15) is 0 Å². The maximum Gasteiger partial charge on any atom is 0.203 e. The second-order valence-corrected chi connectivity index (χ2v) is 4.56. The number of halogens is 3. The van der Waals surface area contributed by atoms with Crippen LogP contribution in [0, 0.1) is 5.82 Å². The molecule has 0 saturated carbocycles. The smallest absolute Gasteiger partial charge is 0.203 e. The lowest BCUT2D eigenvalue weighted by Gasteiger charge is -2.03. The van der Waals surface area contributed by atoms with E-state index >= 15 is 0 Å². The molecule has 0 saturated heterocycles. The zero-order valence-electron chi connectivity index (χ0n) is 8.54. The first kappa shape index (κ1) is 12.3. The summed E-state index contributed by atoms with van der Waals surface area (Å²) in [6.45, 7) is 0. The summed E-state index contributed by atoms with van der Waals surface area (Å²) in [6, 6.07) is 6.06. The molecule has 0 aliphatic rings. The molecule has 0 atom stereocenters. The average molecular weight is 318 g/mol. The predicted octanol–water partition coefficient (Wildman–Crippen LogP) is 4.26. The monoisotopic (exact) mass is 316 g/mol. The lowest BCUT2D eigenvalue weighted by molar-refractivity contribution is 0.0992. The molecule has 0 bridgehead atoms. The summed E-state index contributed by atoms with van der Waals surface area (Å²) >= 11 is 8.81. The molecule has 1 heterocycles. The molecular weight excluding hydrogens is 310 g/mol. The van der Waals surface area contributed by atoms with Crippen LogP contribution in [-0.2, 0) is 6.42 Å². The molecule has 0 aliphatic heterocycles. The molecule has 0 amide bonds. The Balaban J connectivity index is 2.25. The molecule has 88 valence electrons. The van der Waals surface area contributed by atoms with Gasteiger partial charge in [-0.25, -0.2) is 4.39 Å². The van der Waals surface area contributed by atoms with E-state index in [1.165, 1.54) is 18.4 Å². The number of rotatable bonds is 3. The Labute approximate surface area is 111 Å². The van der Waals surface area contributed by atoms with Crippen molar-refractivity contribution in [2.45, 2.75) is 6.42 Å². The summed E-state index contributed by atoms with van der Waals surface area (Å²) in [5, 5.41) is 0.0579. The van der Waals surface area contributed by atoms with Crippen molar-refractivity contribution in [1.82, 2.24) is 0 Å². The molecule has 0 spiro atoms. The minimum Gasteiger partial charge on any atom is -0.452 e. The van der Waals surface area contributed by atoms with Crippen molar-refractivity contribution in [3.05, 3.63) is 57.2 Å². The number of ketones is 1. The Kier molecular flexibility index (Phi) is 3.64. The van der Waals surface area contributed by atoms with Crippen molar-refractivity contribution in [2.24, 2.45) is 0 Å². The van der Waals surface area contributed by atoms with Gasteiger partial charge in [0, 0.05) is 6.42 Å². The highest BCUT2D eigenvalue weighted by molar-refractivity contribution is 9.10. The Hall–Kier alpha value is -1.13. The quantitative estimate of drug-likeness (QED) is 0.792. The SMILES string of the molecule is O=C(Cc1cccc(F)c1Br)c1ccoc1Cl. The van der Waals surface area contributed by atoms with Gasteiger partial charge in [0.15, 0.2) is 5.78 Å². The van der Waals surface area contributed by atoms with Crippen LogP contribution in [0.25, 0.3) is 0 Å². The fourth-order valence-corrected chi connectivity index (χ4v) is 2.07. The summed E-state index contributed by atoms with van der Waals surface area (Å²) in [4.78, 5) is 11.9. The third-order valence-electron chi connectivity index (χ3n) is 2.30. The molecule has 0 unspecified atom stereocenters. The number of carbonyl (C=O) groups excluding carboxylic acids is 1. The first-order chi connectivity index (χ1) is 8.09. The van der Waals surface area contributed by atoms with Crippen LogP contribution in [0.1, 0.15) is 15.9 Å². The topological polar surface area (TPSA) is 30.2 Å². The molecule has 1 aromatic carbocycles. The summed E-state index contributed by atoms with van der Waals surface area (Å²) in [6.07, 6.45) is 1.41. The molecule has 5 heteroatoms. The normalized spacial score (nSPS) is 10.5. The molecule has 0 N–H and O–H groups in total. The van der Waals surface area contributed by atoms with Gasteiger partial charge in [-0.3, -0.25) is 4.79 Å². The van der Waals surface area contributed by atoms with Crippen LogP contribution in [0.2, 0.25) is 5.22 Å². The highest BCUT2D eigenvalue weighted by Gasteiger charge is 2.15. The molecule has 17 heavy (non-hydrogen) atoms. The molecule has 0 radical (unpaired) electrons. The fourth-order valence-electron chi connectivity index (χ4n) is 1.45. The summed E-state index contributed by atoms with van der Waals surface area (Å²) in [7, 11) is 0. The van der Waals surface area contributed by atoms with Gasteiger partial charge in [-0.1, -0.05) is 12.1 Å². The number of hydrogen-bond donors (Lipinski definition) is 0. The predicted molar refractivity (Wildman–Crippen MR) is 65.9 cm³/mol. The average Bonchev–Trinajstić information content (AvgIpc) is 2.71. The van der Waals surface area contributed by atoms with Crippen molar-refractivity contribution < 1.29 is 13.6 Å². The van der Waals surface area contributed by atoms with Gasteiger partial charge in [-0.15, -0.1) is 0 Å². The number of carbonyl (C=O) groups is 1. The molecule has 0 aliphatic carbocycles. The Morgan fingerprint density at radius 2 is 2.18 bits per heavy atom. The van der Waals surface area contributed by atoms with E-state index in [1.807, 2.05) is 0 Å². The molecule has 1 aromatic heterocycles. The van der Waals surface area contributed by atoms with E-state index in [0.29, 0.717) is 15.6 Å². The van der Waals surface area contributed by atoms with Crippen molar-refractivity contribution in [2.75, 3.05) is 0 Å². The van der Waals surface area contributed by atoms with Crippen LogP contribution in [0.3, 0.4) is 0 Å². The van der Waals surface area contributed by atoms with E-state index in [1.54, 1.807) is 12.1 Å². The van der Waals surface area contributed by atoms with Crippen molar-refractivity contribution >= 4 is 33.3 Å². The Morgan fingerprint density at radius 3 is 2.82 bits per heavy atom. The van der Waals surface area contributed by atoms with E-state index in [4.69, 9.17) is 16.0 Å². The first-order valence-electron chi connectivity index (χ1n) is 4.78. The second kappa shape index (κ2) is 5.02. The minimum atomic E-state index is -0.395. The number of Topliss-reactive ketones (excluding diaryl/α,β-unsaturated/α-hetero) is 1. The van der Waals surface area contributed by atoms with E-state index in [0.717, 1.165) is 0 Å². The number of benzene rings is 1. The van der Waals surface area contributed by atoms with Gasteiger partial charge in [0.25, 0.3) is 0 Å². The summed E-state index contributed by atoms with van der Waals surface area (Å²) < 4.78 is 18.4. The third-order valence-corrected chi connectivity index (χ3v) is 3.48. The van der Waals surface area contributed by atoms with Crippen LogP contribution in [0.4, 0.5) is 4.39 Å².